The van der Waals surface area contributed by atoms with Crippen molar-refractivity contribution in [2.45, 2.75) is 64.0 Å². The minimum atomic E-state index is -1.05. The molecule has 0 bridgehead atoms. The summed E-state index contributed by atoms with van der Waals surface area (Å²) in [6, 6.07) is 22.6. The fourth-order valence-electron chi connectivity index (χ4n) is 5.49. The zero-order chi connectivity index (χ0) is 27.4. The number of nitrogens with zero attached hydrogens (tertiary/aromatic N) is 1. The van der Waals surface area contributed by atoms with Gasteiger partial charge in [0.05, 0.1) is 6.61 Å². The van der Waals surface area contributed by atoms with E-state index in [-0.39, 0.29) is 5.78 Å². The van der Waals surface area contributed by atoms with Gasteiger partial charge in [0.1, 0.15) is 5.78 Å². The number of ether oxygens (including phenoxy) is 1. The molecule has 5 rings (SSSR count). The van der Waals surface area contributed by atoms with E-state index in [0.717, 1.165) is 51.9 Å². The normalized spacial score (nSPS) is 21.3. The van der Waals surface area contributed by atoms with Crippen LogP contribution in [0.1, 0.15) is 31.2 Å². The molecule has 1 unspecified atom stereocenters. The van der Waals surface area contributed by atoms with Crippen molar-refractivity contribution in [1.82, 2.24) is 4.90 Å². The van der Waals surface area contributed by atoms with Gasteiger partial charge in [-0.25, -0.2) is 0 Å². The molecule has 0 radical (unpaired) electrons. The van der Waals surface area contributed by atoms with Gasteiger partial charge in [0.15, 0.2) is 5.78 Å². The van der Waals surface area contributed by atoms with Crippen molar-refractivity contribution in [3.05, 3.63) is 78.4 Å². The summed E-state index contributed by atoms with van der Waals surface area (Å²) in [4.78, 5) is 24.2. The number of rotatable bonds is 8. The van der Waals surface area contributed by atoms with Gasteiger partial charge in [-0.05, 0) is 48.6 Å². The lowest BCUT2D eigenvalue weighted by Gasteiger charge is -2.25. The zero-order valence-electron chi connectivity index (χ0n) is 23.7. The van der Waals surface area contributed by atoms with E-state index in [1.165, 1.54) is 17.3 Å². The van der Waals surface area contributed by atoms with Gasteiger partial charge >= 0.3 is 0 Å². The molecule has 0 amide bonds. The van der Waals surface area contributed by atoms with Gasteiger partial charge in [-0.15, -0.1) is 0 Å². The molecular formula is C32H46N2O3Si. The summed E-state index contributed by atoms with van der Waals surface area (Å²) in [6.07, 6.45) is 7.18. The Bertz CT molecular complexity index is 1020. The third-order valence-corrected chi connectivity index (χ3v) is 8.89. The number of fused-ring (bicyclic) bond motifs is 1. The predicted molar refractivity (Wildman–Crippen MR) is 160 cm³/mol. The maximum atomic E-state index is 11.6. The molecule has 2 aliphatic carbocycles. The van der Waals surface area contributed by atoms with Crippen molar-refractivity contribution in [2.75, 3.05) is 32.1 Å². The molecule has 1 N–H and O–H groups in total. The monoisotopic (exact) mass is 534 g/mol. The summed E-state index contributed by atoms with van der Waals surface area (Å²) in [6.45, 7) is 11.1. The summed E-state index contributed by atoms with van der Waals surface area (Å²) in [5.74, 6) is 1.77. The molecule has 5 nitrogen and oxygen atoms in total. The number of benzene rings is 2. The number of anilines is 1. The second-order valence-electron chi connectivity index (χ2n) is 11.9. The fraction of sp³-hybridized carbons (Fsp3) is 0.500. The molecule has 2 aromatic carbocycles. The number of hydrogen-bond donors (Lipinski definition) is 1. The lowest BCUT2D eigenvalue weighted by Crippen LogP contribution is -2.34. The molecular weight excluding hydrogens is 488 g/mol. The highest BCUT2D eigenvalue weighted by Gasteiger charge is 2.41. The first-order valence-electron chi connectivity index (χ1n) is 14.0. The molecule has 1 saturated heterocycles. The number of carbonyl (C=O) groups is 2. The van der Waals surface area contributed by atoms with E-state index in [1.54, 1.807) is 13.2 Å². The summed E-state index contributed by atoms with van der Waals surface area (Å²) in [7, 11) is 0.714. The molecule has 3 aliphatic rings. The summed E-state index contributed by atoms with van der Waals surface area (Å²) >= 11 is 0. The minimum Gasteiger partial charge on any atom is -0.383 e. The lowest BCUT2D eigenvalue weighted by molar-refractivity contribution is -0.120. The van der Waals surface area contributed by atoms with E-state index in [0.29, 0.717) is 23.7 Å². The first-order chi connectivity index (χ1) is 18.2. The van der Waals surface area contributed by atoms with Crippen LogP contribution in [0.15, 0.2) is 72.8 Å². The van der Waals surface area contributed by atoms with Crippen LogP contribution in [-0.4, -0.2) is 57.4 Å². The van der Waals surface area contributed by atoms with Crippen LogP contribution >= 0.6 is 0 Å². The maximum Gasteiger partial charge on any atom is 0.155 e. The Morgan fingerprint density at radius 1 is 0.974 bits per heavy atom. The zero-order valence-corrected chi connectivity index (χ0v) is 24.7. The topological polar surface area (TPSA) is 58.6 Å². The first kappa shape index (κ1) is 30.0. The van der Waals surface area contributed by atoms with E-state index < -0.39 is 8.07 Å². The van der Waals surface area contributed by atoms with E-state index in [2.05, 4.69) is 78.4 Å². The van der Waals surface area contributed by atoms with Crippen molar-refractivity contribution in [2.24, 2.45) is 11.8 Å². The van der Waals surface area contributed by atoms with Gasteiger partial charge in [0.25, 0.3) is 0 Å². The number of nitrogens with one attached hydrogen (secondary N) is 1. The number of Topliss-reactive ketones (excluding diaryl/α,β-unsaturated/α-hetero) is 1. The Labute approximate surface area is 230 Å². The average Bonchev–Trinajstić information content (AvgIpc) is 3.60. The van der Waals surface area contributed by atoms with Gasteiger partial charge in [-0.1, -0.05) is 74.2 Å². The second-order valence-corrected chi connectivity index (χ2v) is 17.4. The smallest absolute Gasteiger partial charge is 0.155 e. The molecule has 1 heterocycles. The van der Waals surface area contributed by atoms with Crippen LogP contribution in [0.4, 0.5) is 5.69 Å². The molecule has 206 valence electrons. The molecule has 0 spiro atoms. The fourth-order valence-corrected chi connectivity index (χ4v) is 7.19. The van der Waals surface area contributed by atoms with Crippen LogP contribution in [0.25, 0.3) is 0 Å². The Morgan fingerprint density at radius 3 is 2.18 bits per heavy atom. The predicted octanol–water partition coefficient (Wildman–Crippen LogP) is 6.45. The Hall–Kier alpha value is -2.54. The third kappa shape index (κ3) is 10.7. The van der Waals surface area contributed by atoms with Crippen molar-refractivity contribution in [3.63, 3.8) is 0 Å². The maximum absolute atomic E-state index is 11.6. The van der Waals surface area contributed by atoms with E-state index >= 15 is 0 Å². The minimum absolute atomic E-state index is 0.273. The Balaban J connectivity index is 0.000000173. The molecule has 2 aromatic rings. The van der Waals surface area contributed by atoms with Crippen LogP contribution in [0.2, 0.25) is 25.7 Å². The molecule has 2 fully saturated rings. The van der Waals surface area contributed by atoms with E-state index in [4.69, 9.17) is 4.74 Å². The van der Waals surface area contributed by atoms with Crippen LogP contribution in [-0.2, 0) is 20.9 Å². The third-order valence-electron chi connectivity index (χ3n) is 7.17. The van der Waals surface area contributed by atoms with E-state index in [9.17, 15) is 9.59 Å². The summed E-state index contributed by atoms with van der Waals surface area (Å²) in [5, 5.41) is 3.55. The van der Waals surface area contributed by atoms with Crippen LogP contribution in [0, 0.1) is 11.8 Å². The number of para-hydroxylation sites is 1. The summed E-state index contributed by atoms with van der Waals surface area (Å²) < 4.78 is 5.28. The molecule has 1 aliphatic heterocycles. The number of carbonyl (C=O) groups excluding carboxylic acids is 2. The molecule has 3 atom stereocenters. The van der Waals surface area contributed by atoms with Crippen molar-refractivity contribution in [1.29, 1.82) is 0 Å². The lowest BCUT2D eigenvalue weighted by atomic mass is 10.0. The average molecular weight is 535 g/mol. The first-order valence-corrected chi connectivity index (χ1v) is 17.7. The molecule has 1 saturated carbocycles. The molecule has 38 heavy (non-hydrogen) atoms. The SMILES string of the molecule is COCC(C[Si](C)(C)C)Nc1ccccc1.O=C1C=CCC1.O=C1CC[C@H]2CN(Cc3ccccc3)C[C@@H]12. The number of allylic oxidation sites excluding steroid dienone is 2. The molecule has 0 aromatic heterocycles. The van der Waals surface area contributed by atoms with Crippen LogP contribution < -0.4 is 5.32 Å². The van der Waals surface area contributed by atoms with Crippen molar-refractivity contribution >= 4 is 25.3 Å². The van der Waals surface area contributed by atoms with Gasteiger partial charge < -0.3 is 10.1 Å². The number of ketones is 2. The highest BCUT2D eigenvalue weighted by Crippen LogP contribution is 2.35. The highest BCUT2D eigenvalue weighted by molar-refractivity contribution is 6.76. The number of likely N-dealkylation sites (tertiary alicyclic amines) is 1. The van der Waals surface area contributed by atoms with Gasteiger partial charge in [0.2, 0.25) is 0 Å². The Morgan fingerprint density at radius 2 is 1.66 bits per heavy atom. The highest BCUT2D eigenvalue weighted by atomic mass is 28.3. The number of hydrogen-bond acceptors (Lipinski definition) is 5. The van der Waals surface area contributed by atoms with Crippen molar-refractivity contribution < 1.29 is 14.3 Å². The van der Waals surface area contributed by atoms with Gasteiger partial charge in [-0.2, -0.15) is 0 Å². The van der Waals surface area contributed by atoms with Crippen molar-refractivity contribution in [3.8, 4) is 0 Å². The van der Waals surface area contributed by atoms with Crippen LogP contribution in [0.3, 0.4) is 0 Å². The van der Waals surface area contributed by atoms with E-state index in [1.807, 2.05) is 18.2 Å². The molecule has 6 heteroatoms. The quantitative estimate of drug-likeness (QED) is 0.394. The summed E-state index contributed by atoms with van der Waals surface area (Å²) in [5.41, 5.74) is 2.54. The second kappa shape index (κ2) is 15.1. The largest absolute Gasteiger partial charge is 0.383 e. The van der Waals surface area contributed by atoms with Crippen LogP contribution in [0.5, 0.6) is 0 Å². The number of methoxy groups -OCH3 is 1. The Kier molecular flexibility index (Phi) is 12.0. The van der Waals surface area contributed by atoms with Gasteiger partial charge in [0, 0.05) is 65.3 Å². The standard InChI is InChI=1S/C14H17NO.C13H23NOSi.C5H6O/c16-14-7-6-12-9-15(10-13(12)14)8-11-4-2-1-3-5-11;1-15-10-13(11-16(2,3)4)14-12-8-6-5-7-9-12;6-5-3-1-2-4-5/h1-5,12-13H,6-10H2;5-9,13-14H,10-11H2,1-4H3;1,3H,2,4H2/t12-,13+;;/m0../s1. The van der Waals surface area contributed by atoms with Gasteiger partial charge in [-0.3, -0.25) is 14.5 Å².